The zero-order valence-electron chi connectivity index (χ0n) is 12.0. The first-order valence-electron chi connectivity index (χ1n) is 7.43. The summed E-state index contributed by atoms with van der Waals surface area (Å²) in [5.41, 5.74) is 0.458. The summed E-state index contributed by atoms with van der Waals surface area (Å²) in [6.45, 7) is 2.43. The number of sulfonamides is 1. The molecule has 5 heteroatoms. The summed E-state index contributed by atoms with van der Waals surface area (Å²) in [7, 11) is -3.33. The van der Waals surface area contributed by atoms with Crippen molar-refractivity contribution in [3.05, 3.63) is 48.0 Å². The van der Waals surface area contributed by atoms with Crippen molar-refractivity contribution in [3.8, 4) is 0 Å². The van der Waals surface area contributed by atoms with Crippen LogP contribution < -0.4 is 0 Å². The van der Waals surface area contributed by atoms with Gasteiger partial charge >= 0.3 is 0 Å². The molecule has 0 radical (unpaired) electrons. The number of ether oxygens (including phenoxy) is 1. The maximum atomic E-state index is 13.0. The topological polar surface area (TPSA) is 46.6 Å². The van der Waals surface area contributed by atoms with E-state index in [-0.39, 0.29) is 12.1 Å². The summed E-state index contributed by atoms with van der Waals surface area (Å²) in [5.74, 6) is 0. The smallest absolute Gasteiger partial charge is 0.220 e. The molecule has 0 N–H and O–H groups in total. The summed E-state index contributed by atoms with van der Waals surface area (Å²) < 4.78 is 33.6. The zero-order chi connectivity index (χ0) is 14.7. The average molecular weight is 305 g/mol. The molecule has 2 bridgehead atoms. The number of rotatable bonds is 2. The second-order valence-corrected chi connectivity index (χ2v) is 8.39. The Morgan fingerprint density at radius 2 is 2.10 bits per heavy atom. The third kappa shape index (κ3) is 1.91. The molecule has 4 nitrogen and oxygen atoms in total. The molecule has 3 aliphatic heterocycles. The fraction of sp³-hybridized carbons (Fsp3) is 0.500. The van der Waals surface area contributed by atoms with Crippen LogP contribution in [0.25, 0.3) is 0 Å². The summed E-state index contributed by atoms with van der Waals surface area (Å²) in [6.07, 6.45) is 5.33. The van der Waals surface area contributed by atoms with Crippen molar-refractivity contribution in [3.63, 3.8) is 0 Å². The van der Waals surface area contributed by atoms with Crippen molar-refractivity contribution in [2.24, 2.45) is 0 Å². The molecule has 2 fully saturated rings. The van der Waals surface area contributed by atoms with Crippen molar-refractivity contribution < 1.29 is 13.2 Å². The number of hydrogen-bond donors (Lipinski definition) is 0. The van der Waals surface area contributed by atoms with Crippen LogP contribution in [0.1, 0.15) is 25.3 Å². The normalized spacial score (nSPS) is 40.3. The monoisotopic (exact) mass is 305 g/mol. The number of fused-ring (bicyclic) bond motifs is 1. The van der Waals surface area contributed by atoms with E-state index in [4.69, 9.17) is 4.74 Å². The van der Waals surface area contributed by atoms with Gasteiger partial charge in [0.15, 0.2) is 0 Å². The minimum Gasteiger partial charge on any atom is -0.362 e. The SMILES string of the molecule is C[C@@H]1C[C@]23C=C[C@H](C[C@H]2S(=O)(=O)N1Cc1ccccc1)O3. The van der Waals surface area contributed by atoms with Crippen molar-refractivity contribution >= 4 is 10.0 Å². The largest absolute Gasteiger partial charge is 0.362 e. The zero-order valence-corrected chi connectivity index (χ0v) is 12.8. The molecule has 0 amide bonds. The average Bonchev–Trinajstić information content (AvgIpc) is 3.02. The summed E-state index contributed by atoms with van der Waals surface area (Å²) in [5, 5.41) is -0.417. The van der Waals surface area contributed by atoms with Gasteiger partial charge in [-0.15, -0.1) is 0 Å². The van der Waals surface area contributed by atoms with E-state index in [9.17, 15) is 8.42 Å². The molecular weight excluding hydrogens is 286 g/mol. The van der Waals surface area contributed by atoms with E-state index >= 15 is 0 Å². The number of hydrogen-bond acceptors (Lipinski definition) is 3. The van der Waals surface area contributed by atoms with E-state index in [2.05, 4.69) is 0 Å². The second kappa shape index (κ2) is 4.41. The van der Waals surface area contributed by atoms with Gasteiger partial charge in [0, 0.05) is 12.6 Å². The van der Waals surface area contributed by atoms with Crippen molar-refractivity contribution in [2.75, 3.05) is 0 Å². The van der Waals surface area contributed by atoms with Gasteiger partial charge in [-0.1, -0.05) is 42.5 Å². The highest BCUT2D eigenvalue weighted by Crippen LogP contribution is 2.49. The second-order valence-electron chi connectivity index (χ2n) is 6.32. The van der Waals surface area contributed by atoms with Crippen molar-refractivity contribution in [1.82, 2.24) is 4.31 Å². The highest BCUT2D eigenvalue weighted by atomic mass is 32.2. The van der Waals surface area contributed by atoms with E-state index < -0.39 is 20.9 Å². The van der Waals surface area contributed by atoms with E-state index in [1.165, 1.54) is 0 Å². The number of benzene rings is 1. The van der Waals surface area contributed by atoms with Crippen LogP contribution in [0.3, 0.4) is 0 Å². The maximum Gasteiger partial charge on any atom is 0.220 e. The highest BCUT2D eigenvalue weighted by molar-refractivity contribution is 7.89. The van der Waals surface area contributed by atoms with E-state index in [1.807, 2.05) is 49.4 Å². The van der Waals surface area contributed by atoms with Crippen LogP contribution >= 0.6 is 0 Å². The first-order chi connectivity index (χ1) is 10.0. The molecule has 0 unspecified atom stereocenters. The lowest BCUT2D eigenvalue weighted by molar-refractivity contribution is 0.00681. The molecule has 2 saturated heterocycles. The van der Waals surface area contributed by atoms with Gasteiger partial charge in [0.25, 0.3) is 0 Å². The Labute approximate surface area is 125 Å². The Balaban J connectivity index is 1.69. The lowest BCUT2D eigenvalue weighted by atomic mass is 9.88. The van der Waals surface area contributed by atoms with Gasteiger partial charge in [0.2, 0.25) is 10.0 Å². The molecule has 0 aromatic heterocycles. The fourth-order valence-corrected chi connectivity index (χ4v) is 6.36. The van der Waals surface area contributed by atoms with Gasteiger partial charge in [-0.05, 0) is 25.3 Å². The van der Waals surface area contributed by atoms with Crippen LogP contribution in [0.5, 0.6) is 0 Å². The predicted octanol–water partition coefficient (Wildman–Crippen LogP) is 2.08. The van der Waals surface area contributed by atoms with Gasteiger partial charge < -0.3 is 4.74 Å². The van der Waals surface area contributed by atoms with Gasteiger partial charge in [0.1, 0.15) is 10.9 Å². The van der Waals surface area contributed by atoms with Crippen LogP contribution in [-0.2, 0) is 21.3 Å². The molecule has 21 heavy (non-hydrogen) atoms. The Kier molecular flexibility index (Phi) is 2.83. The predicted molar refractivity (Wildman–Crippen MR) is 80.1 cm³/mol. The highest BCUT2D eigenvalue weighted by Gasteiger charge is 2.61. The number of nitrogens with zero attached hydrogens (tertiary/aromatic N) is 1. The lowest BCUT2D eigenvalue weighted by Gasteiger charge is -2.44. The minimum atomic E-state index is -3.33. The molecule has 1 spiro atoms. The summed E-state index contributed by atoms with van der Waals surface area (Å²) in [4.78, 5) is 0. The van der Waals surface area contributed by atoms with Crippen LogP contribution in [-0.4, -0.2) is 35.7 Å². The van der Waals surface area contributed by atoms with Gasteiger partial charge in [-0.2, -0.15) is 4.31 Å². The Bertz CT molecular complexity index is 685. The molecule has 112 valence electrons. The quantitative estimate of drug-likeness (QED) is 0.786. The van der Waals surface area contributed by atoms with E-state index in [0.29, 0.717) is 13.0 Å². The molecule has 3 aliphatic rings. The molecule has 1 aromatic carbocycles. The van der Waals surface area contributed by atoms with E-state index in [0.717, 1.165) is 12.0 Å². The third-order valence-corrected chi connectivity index (χ3v) is 7.38. The maximum absolute atomic E-state index is 13.0. The van der Waals surface area contributed by atoms with Crippen LogP contribution in [0.15, 0.2) is 42.5 Å². The Morgan fingerprint density at radius 1 is 1.33 bits per heavy atom. The van der Waals surface area contributed by atoms with Crippen LogP contribution in [0.2, 0.25) is 0 Å². The molecule has 4 rings (SSSR count). The molecule has 1 aromatic rings. The van der Waals surface area contributed by atoms with Crippen LogP contribution in [0, 0.1) is 0 Å². The Hall–Kier alpha value is -1.17. The first-order valence-corrected chi connectivity index (χ1v) is 8.93. The first kappa shape index (κ1) is 13.5. The lowest BCUT2D eigenvalue weighted by Crippen LogP contribution is -2.58. The van der Waals surface area contributed by atoms with E-state index in [1.54, 1.807) is 4.31 Å². The Morgan fingerprint density at radius 3 is 2.81 bits per heavy atom. The summed E-state index contributed by atoms with van der Waals surface area (Å²) >= 11 is 0. The molecular formula is C16H19NO3S. The third-order valence-electron chi connectivity index (χ3n) is 4.93. The fourth-order valence-electron chi connectivity index (χ4n) is 3.96. The summed E-state index contributed by atoms with van der Waals surface area (Å²) in [6, 6.07) is 9.74. The van der Waals surface area contributed by atoms with Gasteiger partial charge in [-0.3, -0.25) is 0 Å². The van der Waals surface area contributed by atoms with Crippen molar-refractivity contribution in [1.29, 1.82) is 0 Å². The van der Waals surface area contributed by atoms with Crippen molar-refractivity contribution in [2.45, 2.75) is 49.3 Å². The molecule has 4 atom stereocenters. The standard InChI is InChI=1S/C16H19NO3S/c1-12-10-16-8-7-14(20-16)9-15(16)21(18,19)17(12)11-13-5-3-2-4-6-13/h2-8,12,14-15H,9-11H2,1H3/t12-,14-,15-,16-/m1/s1. The van der Waals surface area contributed by atoms with Gasteiger partial charge in [-0.25, -0.2) is 8.42 Å². The van der Waals surface area contributed by atoms with Crippen LogP contribution in [0.4, 0.5) is 0 Å². The minimum absolute atomic E-state index is 0.0198. The molecule has 0 aliphatic carbocycles. The molecule has 0 saturated carbocycles. The molecule has 3 heterocycles. The van der Waals surface area contributed by atoms with Gasteiger partial charge in [0.05, 0.1) is 6.10 Å².